The van der Waals surface area contributed by atoms with Gasteiger partial charge < -0.3 is 9.42 Å². The first-order chi connectivity index (χ1) is 12.8. The fraction of sp³-hybridized carbons (Fsp3) is 0.316. The minimum absolute atomic E-state index is 0.0343. The number of carbonyl (C=O) groups excluding carboxylic acids is 1. The zero-order chi connectivity index (χ0) is 17.8. The van der Waals surface area contributed by atoms with Gasteiger partial charge in [0.25, 0.3) is 11.8 Å². The predicted octanol–water partition coefficient (Wildman–Crippen LogP) is 2.76. The summed E-state index contributed by atoms with van der Waals surface area (Å²) < 4.78 is 5.35. The zero-order valence-corrected chi connectivity index (χ0v) is 14.3. The molecule has 1 atom stereocenters. The summed E-state index contributed by atoms with van der Waals surface area (Å²) in [6.07, 6.45) is 6.47. The van der Waals surface area contributed by atoms with Gasteiger partial charge in [0.15, 0.2) is 5.82 Å². The Kier molecular flexibility index (Phi) is 4.68. The average Bonchev–Trinajstić information content (AvgIpc) is 3.36. The molecule has 132 valence electrons. The van der Waals surface area contributed by atoms with Gasteiger partial charge in [-0.3, -0.25) is 4.79 Å². The molecule has 1 amide bonds. The van der Waals surface area contributed by atoms with Crippen molar-refractivity contribution in [2.45, 2.75) is 31.7 Å². The molecule has 0 aliphatic carbocycles. The van der Waals surface area contributed by atoms with Crippen LogP contribution in [-0.2, 0) is 6.42 Å². The number of hydrogen-bond donors (Lipinski definition) is 0. The number of benzene rings is 1. The zero-order valence-electron chi connectivity index (χ0n) is 14.3. The third-order valence-corrected chi connectivity index (χ3v) is 4.63. The highest BCUT2D eigenvalue weighted by Gasteiger charge is 2.30. The van der Waals surface area contributed by atoms with Gasteiger partial charge in [-0.25, -0.2) is 9.97 Å². The molecule has 0 bridgehead atoms. The first-order valence-electron chi connectivity index (χ1n) is 8.76. The predicted molar refractivity (Wildman–Crippen MR) is 94.1 cm³/mol. The number of nitrogens with zero attached hydrogens (tertiary/aromatic N) is 5. The van der Waals surface area contributed by atoms with Crippen molar-refractivity contribution in [2.24, 2.45) is 0 Å². The maximum absolute atomic E-state index is 12.6. The summed E-state index contributed by atoms with van der Waals surface area (Å²) in [4.78, 5) is 27.0. The van der Waals surface area contributed by atoms with Crippen LogP contribution in [0.5, 0.6) is 0 Å². The third kappa shape index (κ3) is 3.46. The molecule has 3 heterocycles. The molecule has 0 saturated carbocycles. The quantitative estimate of drug-likeness (QED) is 0.704. The van der Waals surface area contributed by atoms with Crippen molar-refractivity contribution in [1.29, 1.82) is 0 Å². The molecule has 1 aliphatic rings. The maximum atomic E-state index is 12.6. The van der Waals surface area contributed by atoms with E-state index in [1.807, 2.05) is 35.2 Å². The van der Waals surface area contributed by atoms with Crippen LogP contribution >= 0.6 is 0 Å². The number of hydrogen-bond acceptors (Lipinski definition) is 6. The molecule has 3 aromatic rings. The monoisotopic (exact) mass is 349 g/mol. The highest BCUT2D eigenvalue weighted by atomic mass is 16.5. The molecule has 0 N–H and O–H groups in total. The van der Waals surface area contributed by atoms with Crippen molar-refractivity contribution >= 4 is 5.91 Å². The minimum atomic E-state index is -0.0343. The molecule has 0 radical (unpaired) electrons. The molecular formula is C19H19N5O2. The van der Waals surface area contributed by atoms with E-state index in [0.717, 1.165) is 31.4 Å². The second-order valence-electron chi connectivity index (χ2n) is 6.31. The molecule has 1 aliphatic heterocycles. The molecule has 7 nitrogen and oxygen atoms in total. The Bertz CT molecular complexity index is 866. The summed E-state index contributed by atoms with van der Waals surface area (Å²) in [5.74, 6) is 1.17. The van der Waals surface area contributed by atoms with Crippen molar-refractivity contribution in [3.63, 3.8) is 0 Å². The smallest absolute Gasteiger partial charge is 0.272 e. The molecule has 1 unspecified atom stereocenters. The number of aryl methyl sites for hydroxylation is 1. The second-order valence-corrected chi connectivity index (χ2v) is 6.31. The lowest BCUT2D eigenvalue weighted by Gasteiger charge is -2.23. The van der Waals surface area contributed by atoms with E-state index in [1.54, 1.807) is 12.3 Å². The molecule has 1 fully saturated rings. The Morgan fingerprint density at radius 3 is 2.92 bits per heavy atom. The third-order valence-electron chi connectivity index (χ3n) is 4.63. The number of carbonyl (C=O) groups is 1. The van der Waals surface area contributed by atoms with Crippen LogP contribution in [0.2, 0.25) is 0 Å². The summed E-state index contributed by atoms with van der Waals surface area (Å²) in [6, 6.07) is 11.5. The van der Waals surface area contributed by atoms with E-state index in [4.69, 9.17) is 4.52 Å². The highest BCUT2D eigenvalue weighted by Crippen LogP contribution is 2.24. The maximum Gasteiger partial charge on any atom is 0.272 e. The van der Waals surface area contributed by atoms with Gasteiger partial charge in [0.1, 0.15) is 12.0 Å². The van der Waals surface area contributed by atoms with Gasteiger partial charge in [0, 0.05) is 30.8 Å². The Labute approximate surface area is 151 Å². The number of aromatic nitrogens is 4. The van der Waals surface area contributed by atoms with Crippen LogP contribution in [0.1, 0.15) is 35.6 Å². The van der Waals surface area contributed by atoms with Gasteiger partial charge in [0.2, 0.25) is 0 Å². The van der Waals surface area contributed by atoms with Crippen molar-refractivity contribution in [3.05, 3.63) is 60.4 Å². The van der Waals surface area contributed by atoms with E-state index in [1.165, 1.54) is 6.33 Å². The summed E-state index contributed by atoms with van der Waals surface area (Å²) in [6.45, 7) is 0.759. The number of amides is 1. The van der Waals surface area contributed by atoms with Crippen LogP contribution in [0.15, 0.2) is 53.4 Å². The van der Waals surface area contributed by atoms with Crippen molar-refractivity contribution in [1.82, 2.24) is 25.0 Å². The normalized spacial score (nSPS) is 16.8. The molecule has 4 rings (SSSR count). The van der Waals surface area contributed by atoms with Crippen LogP contribution in [0.3, 0.4) is 0 Å². The number of rotatable bonds is 5. The Morgan fingerprint density at radius 1 is 1.23 bits per heavy atom. The second kappa shape index (κ2) is 7.43. The van der Waals surface area contributed by atoms with Crippen LogP contribution < -0.4 is 0 Å². The fourth-order valence-electron chi connectivity index (χ4n) is 3.32. The summed E-state index contributed by atoms with van der Waals surface area (Å²) >= 11 is 0. The Hall–Kier alpha value is -3.09. The standard InChI is InChI=1S/C19H19N5O2/c25-19(16-10-11-20-13-21-16)24-12-4-7-15(24)8-9-17-22-18(26-23-17)14-5-2-1-3-6-14/h1-3,5-6,10-11,13,15H,4,7-9,12H2. The number of likely N-dealkylation sites (tertiary alicyclic amines) is 1. The largest absolute Gasteiger partial charge is 0.334 e. The van der Waals surface area contributed by atoms with E-state index in [0.29, 0.717) is 23.8 Å². The van der Waals surface area contributed by atoms with Crippen LogP contribution in [-0.4, -0.2) is 43.5 Å². The highest BCUT2D eigenvalue weighted by molar-refractivity contribution is 5.92. The van der Waals surface area contributed by atoms with E-state index < -0.39 is 0 Å². The lowest BCUT2D eigenvalue weighted by molar-refractivity contribution is 0.0724. The summed E-state index contributed by atoms with van der Waals surface area (Å²) in [5, 5.41) is 4.07. The topological polar surface area (TPSA) is 85.0 Å². The molecule has 7 heteroatoms. The van der Waals surface area contributed by atoms with E-state index >= 15 is 0 Å². The van der Waals surface area contributed by atoms with Crippen LogP contribution in [0, 0.1) is 0 Å². The van der Waals surface area contributed by atoms with Crippen molar-refractivity contribution in [3.8, 4) is 11.5 Å². The van der Waals surface area contributed by atoms with Crippen molar-refractivity contribution in [2.75, 3.05) is 6.54 Å². The Morgan fingerprint density at radius 2 is 2.12 bits per heavy atom. The van der Waals surface area contributed by atoms with Gasteiger partial charge in [0.05, 0.1) is 0 Å². The molecule has 1 saturated heterocycles. The van der Waals surface area contributed by atoms with Gasteiger partial charge in [-0.05, 0) is 37.5 Å². The van der Waals surface area contributed by atoms with Gasteiger partial charge >= 0.3 is 0 Å². The molecule has 1 aromatic carbocycles. The van der Waals surface area contributed by atoms with E-state index in [9.17, 15) is 4.79 Å². The summed E-state index contributed by atoms with van der Waals surface area (Å²) in [5.41, 5.74) is 1.35. The van der Waals surface area contributed by atoms with Gasteiger partial charge in [-0.15, -0.1) is 0 Å². The lowest BCUT2D eigenvalue weighted by Crippen LogP contribution is -2.36. The first kappa shape index (κ1) is 16.4. The molecular weight excluding hydrogens is 330 g/mol. The van der Waals surface area contributed by atoms with Crippen LogP contribution in [0.4, 0.5) is 0 Å². The first-order valence-corrected chi connectivity index (χ1v) is 8.76. The summed E-state index contributed by atoms with van der Waals surface area (Å²) in [7, 11) is 0. The van der Waals surface area contributed by atoms with E-state index in [2.05, 4.69) is 20.1 Å². The van der Waals surface area contributed by atoms with Gasteiger partial charge in [-0.2, -0.15) is 4.98 Å². The minimum Gasteiger partial charge on any atom is -0.334 e. The molecule has 0 spiro atoms. The van der Waals surface area contributed by atoms with Gasteiger partial charge in [-0.1, -0.05) is 23.4 Å². The average molecular weight is 349 g/mol. The van der Waals surface area contributed by atoms with Crippen LogP contribution in [0.25, 0.3) is 11.5 Å². The molecule has 26 heavy (non-hydrogen) atoms. The fourth-order valence-corrected chi connectivity index (χ4v) is 3.32. The Balaban J connectivity index is 1.40. The van der Waals surface area contributed by atoms with Crippen molar-refractivity contribution < 1.29 is 9.32 Å². The molecule has 2 aromatic heterocycles. The SMILES string of the molecule is O=C(c1ccncn1)N1CCCC1CCc1noc(-c2ccccc2)n1. The van der Waals surface area contributed by atoms with E-state index in [-0.39, 0.29) is 11.9 Å². The lowest BCUT2D eigenvalue weighted by atomic mass is 10.1.